The molecule has 2 heterocycles. The molecule has 0 atom stereocenters. The number of aliphatic carboxylic acids is 1. The monoisotopic (exact) mass is 417 g/mol. The van der Waals surface area contributed by atoms with E-state index in [9.17, 15) is 18.0 Å². The SMILES string of the molecule is NC(=O)c1cccc2[nH]c(-c3ccc(-c4ncc[nH]4)cc3)nc12.O=C(O)C(F)(F)F. The van der Waals surface area contributed by atoms with Crippen LogP contribution in [0, 0.1) is 0 Å². The summed E-state index contributed by atoms with van der Waals surface area (Å²) < 4.78 is 31.7. The summed E-state index contributed by atoms with van der Waals surface area (Å²) in [5, 5.41) is 7.12. The van der Waals surface area contributed by atoms with Crippen molar-refractivity contribution in [2.75, 3.05) is 0 Å². The summed E-state index contributed by atoms with van der Waals surface area (Å²) >= 11 is 0. The highest BCUT2D eigenvalue weighted by Crippen LogP contribution is 2.24. The molecular weight excluding hydrogens is 403 g/mol. The molecule has 0 unspecified atom stereocenters. The number of nitrogens with two attached hydrogens (primary N) is 1. The van der Waals surface area contributed by atoms with Crippen LogP contribution in [0.1, 0.15) is 10.4 Å². The zero-order valence-electron chi connectivity index (χ0n) is 15.1. The van der Waals surface area contributed by atoms with Gasteiger partial charge in [0.15, 0.2) is 0 Å². The predicted molar refractivity (Wildman–Crippen MR) is 101 cm³/mol. The number of H-pyrrole nitrogens is 2. The van der Waals surface area contributed by atoms with Crippen LogP contribution < -0.4 is 5.73 Å². The second-order valence-electron chi connectivity index (χ2n) is 5.97. The number of para-hydroxylation sites is 1. The van der Waals surface area contributed by atoms with Gasteiger partial charge in [-0.1, -0.05) is 30.3 Å². The molecule has 0 saturated heterocycles. The average Bonchev–Trinajstić information content (AvgIpc) is 3.37. The number of carboxylic acid groups (broad SMARTS) is 1. The van der Waals surface area contributed by atoms with E-state index in [-0.39, 0.29) is 0 Å². The highest BCUT2D eigenvalue weighted by molar-refractivity contribution is 6.04. The Morgan fingerprint density at radius 1 is 1.00 bits per heavy atom. The Labute approximate surface area is 166 Å². The number of amides is 1. The fourth-order valence-corrected chi connectivity index (χ4v) is 2.58. The largest absolute Gasteiger partial charge is 0.490 e. The molecular formula is C19H14F3N5O3. The van der Waals surface area contributed by atoms with E-state index in [1.165, 1.54) is 0 Å². The number of halogens is 3. The first-order chi connectivity index (χ1) is 14.2. The number of carboxylic acids is 1. The van der Waals surface area contributed by atoms with E-state index in [4.69, 9.17) is 15.6 Å². The number of aromatic amines is 2. The fraction of sp³-hybridized carbons (Fsp3) is 0.0526. The van der Waals surface area contributed by atoms with Crippen molar-refractivity contribution >= 4 is 22.9 Å². The van der Waals surface area contributed by atoms with Gasteiger partial charge in [0.05, 0.1) is 11.1 Å². The lowest BCUT2D eigenvalue weighted by Crippen LogP contribution is -2.21. The molecule has 1 amide bonds. The summed E-state index contributed by atoms with van der Waals surface area (Å²) in [6.45, 7) is 0. The topological polar surface area (TPSA) is 138 Å². The van der Waals surface area contributed by atoms with Crippen molar-refractivity contribution in [1.82, 2.24) is 19.9 Å². The first-order valence-electron chi connectivity index (χ1n) is 8.35. The number of nitrogens with one attached hydrogen (secondary N) is 2. The molecule has 0 fully saturated rings. The summed E-state index contributed by atoms with van der Waals surface area (Å²) in [6, 6.07) is 13.2. The molecule has 0 spiro atoms. The second-order valence-corrected chi connectivity index (χ2v) is 5.97. The van der Waals surface area contributed by atoms with Gasteiger partial charge in [0.2, 0.25) is 0 Å². The van der Waals surface area contributed by atoms with Crippen molar-refractivity contribution in [3.05, 3.63) is 60.4 Å². The average molecular weight is 417 g/mol. The predicted octanol–water partition coefficient (Wildman–Crippen LogP) is 3.35. The minimum absolute atomic E-state index is 0.414. The van der Waals surface area contributed by atoms with Gasteiger partial charge in [-0.2, -0.15) is 13.2 Å². The maximum absolute atomic E-state index is 11.5. The third kappa shape index (κ3) is 4.46. The molecule has 8 nitrogen and oxygen atoms in total. The molecule has 2 aromatic heterocycles. The minimum atomic E-state index is -5.08. The van der Waals surface area contributed by atoms with Crippen LogP contribution in [0.2, 0.25) is 0 Å². The number of hydrogen-bond acceptors (Lipinski definition) is 4. The van der Waals surface area contributed by atoms with Gasteiger partial charge in [0.1, 0.15) is 17.2 Å². The molecule has 4 rings (SSSR count). The van der Waals surface area contributed by atoms with E-state index >= 15 is 0 Å². The third-order valence-electron chi connectivity index (χ3n) is 3.95. The van der Waals surface area contributed by atoms with Gasteiger partial charge in [-0.15, -0.1) is 0 Å². The molecule has 0 saturated carbocycles. The molecule has 11 heteroatoms. The van der Waals surface area contributed by atoms with Crippen LogP contribution in [-0.4, -0.2) is 43.1 Å². The lowest BCUT2D eigenvalue weighted by atomic mass is 10.1. The van der Waals surface area contributed by atoms with Gasteiger partial charge < -0.3 is 20.8 Å². The number of alkyl halides is 3. The number of benzene rings is 2. The first-order valence-corrected chi connectivity index (χ1v) is 8.35. The maximum Gasteiger partial charge on any atom is 0.490 e. The van der Waals surface area contributed by atoms with Crippen molar-refractivity contribution in [3.8, 4) is 22.8 Å². The van der Waals surface area contributed by atoms with E-state index in [0.29, 0.717) is 16.9 Å². The number of primary amides is 1. The molecule has 2 aromatic carbocycles. The Morgan fingerprint density at radius 2 is 1.60 bits per heavy atom. The van der Waals surface area contributed by atoms with Crippen LogP contribution in [0.25, 0.3) is 33.8 Å². The Morgan fingerprint density at radius 3 is 2.10 bits per heavy atom. The number of carbonyl (C=O) groups is 2. The highest BCUT2D eigenvalue weighted by Gasteiger charge is 2.38. The molecule has 0 bridgehead atoms. The lowest BCUT2D eigenvalue weighted by Gasteiger charge is -1.99. The summed E-state index contributed by atoms with van der Waals surface area (Å²) in [7, 11) is 0. The zero-order valence-corrected chi connectivity index (χ0v) is 15.1. The van der Waals surface area contributed by atoms with Crippen LogP contribution in [-0.2, 0) is 4.79 Å². The van der Waals surface area contributed by atoms with E-state index in [1.54, 1.807) is 24.5 Å². The summed E-state index contributed by atoms with van der Waals surface area (Å²) in [4.78, 5) is 35.4. The molecule has 0 radical (unpaired) electrons. The number of hydrogen-bond donors (Lipinski definition) is 4. The van der Waals surface area contributed by atoms with Crippen LogP contribution >= 0.6 is 0 Å². The number of nitrogens with zero attached hydrogens (tertiary/aromatic N) is 2. The van der Waals surface area contributed by atoms with Crippen molar-refractivity contribution in [2.24, 2.45) is 5.73 Å². The van der Waals surface area contributed by atoms with Crippen molar-refractivity contribution in [3.63, 3.8) is 0 Å². The second kappa shape index (κ2) is 8.07. The summed E-state index contributed by atoms with van der Waals surface area (Å²) in [5.41, 5.74) is 9.10. The number of imidazole rings is 2. The van der Waals surface area contributed by atoms with Gasteiger partial charge in [-0.25, -0.2) is 14.8 Å². The van der Waals surface area contributed by atoms with Gasteiger partial charge >= 0.3 is 12.1 Å². The molecule has 30 heavy (non-hydrogen) atoms. The van der Waals surface area contributed by atoms with Gasteiger partial charge in [-0.3, -0.25) is 4.79 Å². The standard InChI is InChI=1S/C17H13N5O.C2HF3O2/c18-15(23)12-2-1-3-13-14(12)22-17(21-13)11-6-4-10(5-7-11)16-19-8-9-20-16;3-2(4,5)1(6)7/h1-9H,(H2,18,23)(H,19,20)(H,21,22);(H,6,7). The molecule has 154 valence electrons. The van der Waals surface area contributed by atoms with Crippen molar-refractivity contribution in [1.29, 1.82) is 0 Å². The molecule has 4 aromatic rings. The van der Waals surface area contributed by atoms with Crippen LogP contribution in [0.15, 0.2) is 54.9 Å². The smallest absolute Gasteiger partial charge is 0.475 e. The van der Waals surface area contributed by atoms with Gasteiger partial charge in [0, 0.05) is 23.5 Å². The molecule has 0 aliphatic carbocycles. The number of aromatic nitrogens is 4. The summed E-state index contributed by atoms with van der Waals surface area (Å²) in [6.07, 6.45) is -1.58. The molecule has 0 aliphatic heterocycles. The third-order valence-corrected chi connectivity index (χ3v) is 3.95. The lowest BCUT2D eigenvalue weighted by molar-refractivity contribution is -0.192. The quantitative estimate of drug-likeness (QED) is 0.405. The Balaban J connectivity index is 0.000000318. The summed E-state index contributed by atoms with van der Waals surface area (Å²) in [5.74, 6) is -1.73. The number of rotatable bonds is 3. The Kier molecular flexibility index (Phi) is 5.54. The van der Waals surface area contributed by atoms with Crippen LogP contribution in [0.3, 0.4) is 0 Å². The fourth-order valence-electron chi connectivity index (χ4n) is 2.58. The molecule has 0 aliphatic rings. The van der Waals surface area contributed by atoms with Gasteiger partial charge in [0.25, 0.3) is 5.91 Å². The van der Waals surface area contributed by atoms with Crippen LogP contribution in [0.5, 0.6) is 0 Å². The van der Waals surface area contributed by atoms with Crippen molar-refractivity contribution in [2.45, 2.75) is 6.18 Å². The Hall–Kier alpha value is -4.15. The van der Waals surface area contributed by atoms with E-state index in [0.717, 1.165) is 22.5 Å². The van der Waals surface area contributed by atoms with Crippen molar-refractivity contribution < 1.29 is 27.9 Å². The highest BCUT2D eigenvalue weighted by atomic mass is 19.4. The Bertz CT molecular complexity index is 1180. The first kappa shape index (κ1) is 20.6. The van der Waals surface area contributed by atoms with Crippen LogP contribution in [0.4, 0.5) is 13.2 Å². The zero-order chi connectivity index (χ0) is 21.9. The van der Waals surface area contributed by atoms with Gasteiger partial charge in [-0.05, 0) is 12.1 Å². The molecule has 5 N–H and O–H groups in total. The van der Waals surface area contributed by atoms with E-state index in [2.05, 4.69) is 19.9 Å². The number of fused-ring (bicyclic) bond motifs is 1. The van der Waals surface area contributed by atoms with E-state index in [1.807, 2.05) is 30.3 Å². The number of carbonyl (C=O) groups excluding carboxylic acids is 1. The maximum atomic E-state index is 11.5. The normalized spacial score (nSPS) is 11.0. The van der Waals surface area contributed by atoms with E-state index < -0.39 is 18.1 Å². The minimum Gasteiger partial charge on any atom is -0.475 e.